The van der Waals surface area contributed by atoms with Crippen molar-refractivity contribution in [2.45, 2.75) is 6.92 Å². The number of carbonyl (C=O) groups excluding carboxylic acids is 1. The maximum Gasteiger partial charge on any atom is 0.319 e. The van der Waals surface area contributed by atoms with Gasteiger partial charge in [-0.15, -0.1) is 0 Å². The molecule has 2 aromatic carbocycles. The number of fused-ring (bicyclic) bond motifs is 2. The Morgan fingerprint density at radius 3 is 2.68 bits per heavy atom. The lowest BCUT2D eigenvalue weighted by Gasteiger charge is -2.35. The van der Waals surface area contributed by atoms with Crippen molar-refractivity contribution in [3.63, 3.8) is 0 Å². The van der Waals surface area contributed by atoms with E-state index < -0.39 is 5.82 Å². The van der Waals surface area contributed by atoms with Crippen LogP contribution < -0.4 is 9.64 Å². The number of aromatic amines is 1. The molecule has 4 heterocycles. The monoisotopic (exact) mass is 579 g/mol. The van der Waals surface area contributed by atoms with Crippen LogP contribution in [0.3, 0.4) is 0 Å². The van der Waals surface area contributed by atoms with Crippen molar-refractivity contribution >= 4 is 45.1 Å². The van der Waals surface area contributed by atoms with Crippen molar-refractivity contribution < 1.29 is 18.7 Å². The summed E-state index contributed by atoms with van der Waals surface area (Å²) >= 11 is 6.83. The number of anilines is 1. The summed E-state index contributed by atoms with van der Waals surface area (Å²) in [5, 5.41) is 8.59. The fourth-order valence-electron chi connectivity index (χ4n) is 5.51. The number of amides is 1. The number of ether oxygens (including phenoxy) is 2. The number of H-pyrrole nitrogens is 1. The molecule has 0 aliphatic carbocycles. The Balaban J connectivity index is 1.42. The van der Waals surface area contributed by atoms with Crippen molar-refractivity contribution in [3.05, 3.63) is 53.5 Å². The van der Waals surface area contributed by atoms with Gasteiger partial charge in [0.05, 0.1) is 29.9 Å². The van der Waals surface area contributed by atoms with E-state index >= 15 is 4.39 Å². The number of piperazine rings is 1. The van der Waals surface area contributed by atoms with Crippen LogP contribution >= 0.6 is 11.6 Å². The molecular formula is C29H31ClFN7O3. The third-order valence-electron chi connectivity index (χ3n) is 7.73. The molecule has 41 heavy (non-hydrogen) atoms. The number of halogens is 2. The minimum absolute atomic E-state index is 0.0933. The minimum Gasteiger partial charge on any atom is -0.462 e. The van der Waals surface area contributed by atoms with E-state index in [0.717, 1.165) is 29.6 Å². The Morgan fingerprint density at radius 1 is 1.15 bits per heavy atom. The Morgan fingerprint density at radius 2 is 1.93 bits per heavy atom. The van der Waals surface area contributed by atoms with Gasteiger partial charge < -0.3 is 19.3 Å². The van der Waals surface area contributed by atoms with Gasteiger partial charge in [0.25, 0.3) is 0 Å². The summed E-state index contributed by atoms with van der Waals surface area (Å²) < 4.78 is 28.1. The van der Waals surface area contributed by atoms with Crippen LogP contribution in [0.4, 0.5) is 10.2 Å². The summed E-state index contributed by atoms with van der Waals surface area (Å²) in [7, 11) is 0. The molecule has 6 rings (SSSR count). The summed E-state index contributed by atoms with van der Waals surface area (Å²) in [6.45, 7) is 11.6. The highest BCUT2D eigenvalue weighted by atomic mass is 35.5. The van der Waals surface area contributed by atoms with E-state index in [2.05, 4.69) is 26.7 Å². The minimum atomic E-state index is -0.550. The standard InChI is InChI=1S/C29H31ClFN7O3/c1-3-23(39)37-6-8-38(9-7-37)28-19-16-21(30)25(24-18(2)4-5-22-20(24)17-32-35-22)26(31)27(19)33-29(34-28)41-15-12-36-10-13-40-14-11-36/h3-5,16-17H,1,6-15H2,2H3,(H,32,35). The van der Waals surface area contributed by atoms with E-state index in [1.807, 2.05) is 24.0 Å². The number of nitrogens with zero attached hydrogens (tertiary/aromatic N) is 6. The molecule has 214 valence electrons. The first-order chi connectivity index (χ1) is 19.9. The molecule has 0 saturated carbocycles. The molecule has 0 unspecified atom stereocenters. The lowest BCUT2D eigenvalue weighted by Crippen LogP contribution is -2.48. The zero-order valence-corrected chi connectivity index (χ0v) is 23.6. The zero-order valence-electron chi connectivity index (χ0n) is 22.8. The van der Waals surface area contributed by atoms with E-state index in [1.54, 1.807) is 17.2 Å². The van der Waals surface area contributed by atoms with Gasteiger partial charge in [-0.2, -0.15) is 15.1 Å². The molecule has 1 amide bonds. The molecule has 2 aliphatic heterocycles. The van der Waals surface area contributed by atoms with Gasteiger partial charge in [-0.25, -0.2) is 4.39 Å². The van der Waals surface area contributed by atoms with Gasteiger partial charge in [0, 0.05) is 67.7 Å². The largest absolute Gasteiger partial charge is 0.462 e. The first-order valence-electron chi connectivity index (χ1n) is 13.7. The van der Waals surface area contributed by atoms with E-state index in [1.165, 1.54) is 6.08 Å². The van der Waals surface area contributed by atoms with Crippen molar-refractivity contribution in [1.29, 1.82) is 0 Å². The maximum atomic E-state index is 16.6. The van der Waals surface area contributed by atoms with Gasteiger partial charge in [-0.1, -0.05) is 24.2 Å². The number of aromatic nitrogens is 4. The summed E-state index contributed by atoms with van der Waals surface area (Å²) in [5.74, 6) is -0.147. The predicted molar refractivity (Wildman–Crippen MR) is 156 cm³/mol. The number of morpholine rings is 1. The van der Waals surface area contributed by atoms with E-state index in [4.69, 9.17) is 26.1 Å². The summed E-state index contributed by atoms with van der Waals surface area (Å²) in [6.07, 6.45) is 2.99. The number of carbonyl (C=O) groups is 1. The van der Waals surface area contributed by atoms with Crippen molar-refractivity contribution in [2.24, 2.45) is 0 Å². The van der Waals surface area contributed by atoms with Crippen LogP contribution in [0.25, 0.3) is 32.9 Å². The highest BCUT2D eigenvalue weighted by Crippen LogP contribution is 2.42. The fourth-order valence-corrected chi connectivity index (χ4v) is 5.80. The van der Waals surface area contributed by atoms with Crippen LogP contribution in [-0.2, 0) is 9.53 Å². The third-order valence-corrected chi connectivity index (χ3v) is 8.03. The second-order valence-electron chi connectivity index (χ2n) is 10.2. The second kappa shape index (κ2) is 11.6. The molecule has 0 atom stereocenters. The number of nitrogens with one attached hydrogen (secondary N) is 1. The molecule has 0 spiro atoms. The van der Waals surface area contributed by atoms with Crippen molar-refractivity contribution in [2.75, 3.05) is 70.5 Å². The predicted octanol–water partition coefficient (Wildman–Crippen LogP) is 3.82. The second-order valence-corrected chi connectivity index (χ2v) is 10.6. The Labute approximate surface area is 241 Å². The highest BCUT2D eigenvalue weighted by molar-refractivity contribution is 6.35. The molecule has 2 aliphatic rings. The number of rotatable bonds is 7. The van der Waals surface area contributed by atoms with Crippen LogP contribution in [0.2, 0.25) is 5.02 Å². The molecule has 4 aromatic rings. The van der Waals surface area contributed by atoms with Crippen molar-refractivity contribution in [1.82, 2.24) is 30.0 Å². The van der Waals surface area contributed by atoms with Gasteiger partial charge in [0.2, 0.25) is 5.91 Å². The van der Waals surface area contributed by atoms with Crippen LogP contribution in [0.15, 0.2) is 37.1 Å². The molecule has 0 bridgehead atoms. The molecule has 12 heteroatoms. The lowest BCUT2D eigenvalue weighted by molar-refractivity contribution is -0.126. The van der Waals surface area contributed by atoms with Gasteiger partial charge in [0.15, 0.2) is 5.82 Å². The van der Waals surface area contributed by atoms with Crippen molar-refractivity contribution in [3.8, 4) is 17.1 Å². The topological polar surface area (TPSA) is 99.7 Å². The average Bonchev–Trinajstić information content (AvgIpc) is 3.47. The molecule has 2 saturated heterocycles. The molecule has 0 radical (unpaired) electrons. The number of hydrogen-bond acceptors (Lipinski definition) is 8. The Kier molecular flexibility index (Phi) is 7.74. The molecule has 10 nitrogen and oxygen atoms in total. The third kappa shape index (κ3) is 5.32. The lowest BCUT2D eigenvalue weighted by atomic mass is 9.95. The van der Waals surface area contributed by atoms with Crippen LogP contribution in [0, 0.1) is 12.7 Å². The zero-order chi connectivity index (χ0) is 28.5. The quantitative estimate of drug-likeness (QED) is 0.330. The smallest absolute Gasteiger partial charge is 0.319 e. The number of hydrogen-bond donors (Lipinski definition) is 1. The highest BCUT2D eigenvalue weighted by Gasteiger charge is 2.27. The van der Waals surface area contributed by atoms with Gasteiger partial charge in [0.1, 0.15) is 17.9 Å². The molecule has 2 fully saturated rings. The maximum absolute atomic E-state index is 16.6. The molecule has 2 aromatic heterocycles. The summed E-state index contributed by atoms with van der Waals surface area (Å²) in [6, 6.07) is 5.63. The van der Waals surface area contributed by atoms with Gasteiger partial charge in [-0.05, 0) is 30.7 Å². The van der Waals surface area contributed by atoms with E-state index in [-0.39, 0.29) is 28.0 Å². The summed E-state index contributed by atoms with van der Waals surface area (Å²) in [5.41, 5.74) is 2.68. The first kappa shape index (κ1) is 27.4. The average molecular weight is 580 g/mol. The van der Waals surface area contributed by atoms with Gasteiger partial charge in [-0.3, -0.25) is 14.8 Å². The molecular weight excluding hydrogens is 549 g/mol. The summed E-state index contributed by atoms with van der Waals surface area (Å²) in [4.78, 5) is 27.4. The normalized spacial score (nSPS) is 16.5. The van der Waals surface area contributed by atoms with Crippen LogP contribution in [0.1, 0.15) is 5.56 Å². The SMILES string of the molecule is C=CC(=O)N1CCN(c2nc(OCCN3CCOCC3)nc3c(F)c(-c4c(C)ccc5[nH]ncc45)c(Cl)cc23)CC1. The number of aryl methyl sites for hydroxylation is 1. The fraction of sp³-hybridized carbons (Fsp3) is 0.379. The first-order valence-corrected chi connectivity index (χ1v) is 14.0. The van der Waals surface area contributed by atoms with E-state index in [0.29, 0.717) is 69.3 Å². The van der Waals surface area contributed by atoms with Crippen LogP contribution in [-0.4, -0.2) is 102 Å². The Bertz CT molecular complexity index is 1610. The van der Waals surface area contributed by atoms with E-state index in [9.17, 15) is 4.79 Å². The molecule has 1 N–H and O–H groups in total. The van der Waals surface area contributed by atoms with Gasteiger partial charge >= 0.3 is 6.01 Å². The van der Waals surface area contributed by atoms with Crippen LogP contribution in [0.5, 0.6) is 6.01 Å². The Hall–Kier alpha value is -3.80. The number of benzene rings is 2.